The van der Waals surface area contributed by atoms with E-state index in [1.165, 1.54) is 11.3 Å². The van der Waals surface area contributed by atoms with E-state index < -0.39 is 35.7 Å². The number of aromatic nitrogens is 1. The maximum Gasteiger partial charge on any atom is 0.338 e. The van der Waals surface area contributed by atoms with Crippen molar-refractivity contribution in [2.75, 3.05) is 11.9 Å². The molecule has 8 nitrogen and oxygen atoms in total. The maximum absolute atomic E-state index is 12.0. The predicted molar refractivity (Wildman–Crippen MR) is 103 cm³/mol. The molecule has 0 radical (unpaired) electrons. The van der Waals surface area contributed by atoms with Gasteiger partial charge in [-0.15, -0.1) is 11.3 Å². The molecule has 0 saturated carbocycles. The van der Waals surface area contributed by atoms with E-state index in [0.29, 0.717) is 15.8 Å². The summed E-state index contributed by atoms with van der Waals surface area (Å²) in [6, 6.07) is 8.96. The minimum absolute atomic E-state index is 0.226. The number of nitrogens with zero attached hydrogens (tertiary/aromatic N) is 1. The van der Waals surface area contributed by atoms with Gasteiger partial charge in [-0.2, -0.15) is 0 Å². The van der Waals surface area contributed by atoms with Crippen LogP contribution in [0.1, 0.15) is 10.4 Å². The van der Waals surface area contributed by atoms with Crippen molar-refractivity contribution in [3.05, 3.63) is 52.4 Å². The van der Waals surface area contributed by atoms with Crippen LogP contribution >= 0.6 is 22.9 Å². The molecule has 0 unspecified atom stereocenters. The van der Waals surface area contributed by atoms with Crippen LogP contribution in [-0.4, -0.2) is 38.8 Å². The lowest BCUT2D eigenvalue weighted by atomic mass is 10.2. The Morgan fingerprint density at radius 3 is 2.50 bits per heavy atom. The van der Waals surface area contributed by atoms with Crippen LogP contribution in [-0.2, 0) is 9.53 Å². The summed E-state index contributed by atoms with van der Waals surface area (Å²) in [6.45, 7) is -0.609. The lowest BCUT2D eigenvalue weighted by molar-refractivity contribution is -0.119. The van der Waals surface area contributed by atoms with Crippen molar-refractivity contribution < 1.29 is 29.6 Å². The summed E-state index contributed by atoms with van der Waals surface area (Å²) in [4.78, 5) is 28.1. The molecule has 3 rings (SSSR count). The normalized spacial score (nSPS) is 10.5. The number of carbonyl (C=O) groups excluding carboxylic acids is 2. The molecule has 144 valence electrons. The van der Waals surface area contributed by atoms with Crippen molar-refractivity contribution in [1.29, 1.82) is 0 Å². The Morgan fingerprint density at radius 2 is 1.82 bits per heavy atom. The highest BCUT2D eigenvalue weighted by Crippen LogP contribution is 2.35. The third-order valence-corrected chi connectivity index (χ3v) is 4.63. The zero-order chi connectivity index (χ0) is 20.3. The summed E-state index contributed by atoms with van der Waals surface area (Å²) in [7, 11) is 0. The summed E-state index contributed by atoms with van der Waals surface area (Å²) in [5.74, 6) is -3.72. The van der Waals surface area contributed by atoms with E-state index in [-0.39, 0.29) is 5.56 Å². The van der Waals surface area contributed by atoms with Gasteiger partial charge in [0.1, 0.15) is 0 Å². The van der Waals surface area contributed by atoms with E-state index in [0.717, 1.165) is 17.7 Å². The first-order chi connectivity index (χ1) is 13.3. The summed E-state index contributed by atoms with van der Waals surface area (Å²) < 4.78 is 4.82. The number of phenolic OH excluding ortho intramolecular Hbond substituents is 3. The van der Waals surface area contributed by atoms with E-state index in [2.05, 4.69) is 10.3 Å². The number of rotatable bonds is 5. The molecule has 0 aliphatic heterocycles. The average Bonchev–Trinajstić information content (AvgIpc) is 3.12. The number of thiazole rings is 1. The van der Waals surface area contributed by atoms with Gasteiger partial charge in [0, 0.05) is 16.0 Å². The van der Waals surface area contributed by atoms with Crippen molar-refractivity contribution >= 4 is 39.9 Å². The standard InChI is InChI=1S/C18H13ClN2O6S/c19-11-4-2-1-3-10(11)12-8-28-18(20-12)21-15(24)7-27-17(26)9-5-13(22)16(25)14(23)6-9/h1-6,8,22-23,25H,7H2,(H,20,21,24). The van der Waals surface area contributed by atoms with E-state index in [4.69, 9.17) is 16.3 Å². The van der Waals surface area contributed by atoms with Gasteiger partial charge < -0.3 is 20.1 Å². The van der Waals surface area contributed by atoms with E-state index in [1.807, 2.05) is 6.07 Å². The second kappa shape index (κ2) is 8.15. The molecule has 1 aromatic heterocycles. The second-order valence-corrected chi connectivity index (χ2v) is 6.77. The van der Waals surface area contributed by atoms with Crippen LogP contribution in [0.25, 0.3) is 11.3 Å². The number of hydrogen-bond donors (Lipinski definition) is 4. The van der Waals surface area contributed by atoms with Crippen LogP contribution in [0, 0.1) is 0 Å². The summed E-state index contributed by atoms with van der Waals surface area (Å²) in [6.07, 6.45) is 0. The molecule has 3 aromatic rings. The zero-order valence-electron chi connectivity index (χ0n) is 14.0. The number of ether oxygens (including phenoxy) is 1. The first-order valence-corrected chi connectivity index (χ1v) is 9.03. The third-order valence-electron chi connectivity index (χ3n) is 3.54. The van der Waals surface area contributed by atoms with Gasteiger partial charge >= 0.3 is 5.97 Å². The zero-order valence-corrected chi connectivity index (χ0v) is 15.6. The largest absolute Gasteiger partial charge is 0.504 e. The molecule has 1 heterocycles. The van der Waals surface area contributed by atoms with Gasteiger partial charge in [-0.05, 0) is 18.2 Å². The number of amides is 1. The van der Waals surface area contributed by atoms with Gasteiger partial charge in [0.2, 0.25) is 0 Å². The van der Waals surface area contributed by atoms with Crippen molar-refractivity contribution in [1.82, 2.24) is 4.98 Å². The lowest BCUT2D eigenvalue weighted by Crippen LogP contribution is -2.20. The Morgan fingerprint density at radius 1 is 1.14 bits per heavy atom. The van der Waals surface area contributed by atoms with Crippen LogP contribution in [0.3, 0.4) is 0 Å². The Hall–Kier alpha value is -3.30. The molecule has 0 atom stereocenters. The molecule has 0 fully saturated rings. The molecule has 10 heteroatoms. The lowest BCUT2D eigenvalue weighted by Gasteiger charge is -2.07. The van der Waals surface area contributed by atoms with Crippen molar-refractivity contribution in [2.24, 2.45) is 0 Å². The Balaban J connectivity index is 1.59. The number of carbonyl (C=O) groups is 2. The van der Waals surface area contributed by atoms with Crippen molar-refractivity contribution in [3.63, 3.8) is 0 Å². The fraction of sp³-hybridized carbons (Fsp3) is 0.0556. The minimum atomic E-state index is -0.961. The molecule has 28 heavy (non-hydrogen) atoms. The number of esters is 1. The summed E-state index contributed by atoms with van der Waals surface area (Å²) >= 11 is 7.30. The summed E-state index contributed by atoms with van der Waals surface area (Å²) in [5, 5.41) is 33.1. The van der Waals surface area contributed by atoms with Gasteiger partial charge in [0.25, 0.3) is 5.91 Å². The van der Waals surface area contributed by atoms with Gasteiger partial charge in [0.15, 0.2) is 29.0 Å². The van der Waals surface area contributed by atoms with Gasteiger partial charge in [0.05, 0.1) is 11.3 Å². The highest BCUT2D eigenvalue weighted by Gasteiger charge is 2.16. The molecule has 0 bridgehead atoms. The first-order valence-electron chi connectivity index (χ1n) is 7.77. The molecule has 0 spiro atoms. The average molecular weight is 421 g/mol. The first kappa shape index (κ1) is 19.5. The van der Waals surface area contributed by atoms with Crippen LogP contribution in [0.15, 0.2) is 41.8 Å². The smallest absolute Gasteiger partial charge is 0.338 e. The van der Waals surface area contributed by atoms with Crippen LogP contribution < -0.4 is 5.32 Å². The molecule has 4 N–H and O–H groups in total. The number of halogens is 1. The number of anilines is 1. The number of aromatic hydroxyl groups is 3. The number of nitrogens with one attached hydrogen (secondary N) is 1. The summed E-state index contributed by atoms with van der Waals surface area (Å²) in [5.41, 5.74) is 1.09. The van der Waals surface area contributed by atoms with Gasteiger partial charge in [-0.25, -0.2) is 9.78 Å². The van der Waals surface area contributed by atoms with Gasteiger partial charge in [-0.3, -0.25) is 10.1 Å². The maximum atomic E-state index is 12.0. The molecule has 0 aliphatic carbocycles. The van der Waals surface area contributed by atoms with E-state index >= 15 is 0 Å². The Bertz CT molecular complexity index is 1030. The number of hydrogen-bond acceptors (Lipinski definition) is 8. The second-order valence-electron chi connectivity index (χ2n) is 5.51. The number of benzene rings is 2. The van der Waals surface area contributed by atoms with E-state index in [1.54, 1.807) is 23.6 Å². The molecule has 0 saturated heterocycles. The Labute approximate surface area is 167 Å². The minimum Gasteiger partial charge on any atom is -0.504 e. The molecular formula is C18H13ClN2O6S. The highest BCUT2D eigenvalue weighted by molar-refractivity contribution is 7.14. The SMILES string of the molecule is O=C(COC(=O)c1cc(O)c(O)c(O)c1)Nc1nc(-c2ccccc2Cl)cs1. The van der Waals surface area contributed by atoms with Crippen LogP contribution in [0.4, 0.5) is 5.13 Å². The fourth-order valence-corrected chi connectivity index (χ4v) is 3.17. The molecule has 0 aliphatic rings. The quantitative estimate of drug-likeness (QED) is 0.368. The molecular weight excluding hydrogens is 408 g/mol. The Kier molecular flexibility index (Phi) is 5.67. The van der Waals surface area contributed by atoms with Crippen LogP contribution in [0.2, 0.25) is 5.02 Å². The fourth-order valence-electron chi connectivity index (χ4n) is 2.22. The van der Waals surface area contributed by atoms with Crippen molar-refractivity contribution in [3.8, 4) is 28.5 Å². The number of phenols is 3. The molecule has 2 aromatic carbocycles. The third kappa shape index (κ3) is 4.33. The molecule has 1 amide bonds. The highest BCUT2D eigenvalue weighted by atomic mass is 35.5. The predicted octanol–water partition coefficient (Wildman–Crippen LogP) is 3.38. The van der Waals surface area contributed by atoms with Crippen molar-refractivity contribution in [2.45, 2.75) is 0 Å². The van der Waals surface area contributed by atoms with E-state index in [9.17, 15) is 24.9 Å². The monoisotopic (exact) mass is 420 g/mol. The topological polar surface area (TPSA) is 129 Å². The van der Waals surface area contributed by atoms with Crippen LogP contribution in [0.5, 0.6) is 17.2 Å². The van der Waals surface area contributed by atoms with Gasteiger partial charge in [-0.1, -0.05) is 29.8 Å².